The minimum absolute atomic E-state index is 0.0383. The highest BCUT2D eigenvalue weighted by Gasteiger charge is 2.54. The Balaban J connectivity index is 1.38. The molecule has 2 aliphatic heterocycles. The molecule has 0 aromatic heterocycles. The van der Waals surface area contributed by atoms with Crippen molar-refractivity contribution >= 4 is 17.4 Å². The van der Waals surface area contributed by atoms with Gasteiger partial charge in [0.15, 0.2) is 0 Å². The van der Waals surface area contributed by atoms with Gasteiger partial charge in [-0.2, -0.15) is 0 Å². The molecule has 0 bridgehead atoms. The summed E-state index contributed by atoms with van der Waals surface area (Å²) < 4.78 is 13.6. The molecule has 0 radical (unpaired) electrons. The Morgan fingerprint density at radius 1 is 1.16 bits per heavy atom. The zero-order valence-corrected chi connectivity index (χ0v) is 17.2. The minimum Gasteiger partial charge on any atom is -0.394 e. The van der Waals surface area contributed by atoms with Crippen LogP contribution in [0.5, 0.6) is 0 Å². The van der Waals surface area contributed by atoms with E-state index in [1.165, 1.54) is 40.7 Å². The number of aliphatic hydroxyl groups excluding tert-OH is 1. The maximum absolute atomic E-state index is 13.6. The fourth-order valence-corrected chi connectivity index (χ4v) is 5.31. The molecule has 5 rings (SSSR count). The Morgan fingerprint density at radius 2 is 1.97 bits per heavy atom. The van der Waals surface area contributed by atoms with Crippen molar-refractivity contribution in [3.05, 3.63) is 77.1 Å². The monoisotopic (exact) mass is 420 g/mol. The second-order valence-electron chi connectivity index (χ2n) is 8.58. The first-order valence-electron chi connectivity index (χ1n) is 10.8. The zero-order valence-electron chi connectivity index (χ0n) is 17.2. The quantitative estimate of drug-likeness (QED) is 0.826. The van der Waals surface area contributed by atoms with Gasteiger partial charge in [0.1, 0.15) is 12.4 Å². The van der Waals surface area contributed by atoms with Gasteiger partial charge in [-0.25, -0.2) is 4.39 Å². The number of nitrogens with zero attached hydrogens (tertiary/aromatic N) is 2. The Kier molecular flexibility index (Phi) is 5.10. The Hall–Kier alpha value is -2.99. The predicted octanol–water partition coefficient (Wildman–Crippen LogP) is 3.20. The number of allylic oxidation sites excluding steroid dienone is 2. The van der Waals surface area contributed by atoms with Gasteiger partial charge in [0.25, 0.3) is 5.91 Å². The van der Waals surface area contributed by atoms with Crippen molar-refractivity contribution in [2.75, 3.05) is 19.7 Å². The lowest BCUT2D eigenvalue weighted by atomic mass is 9.73. The number of fused-ring (bicyclic) bond motifs is 1. The maximum Gasteiger partial charge on any atom is 0.254 e. The molecule has 2 heterocycles. The van der Waals surface area contributed by atoms with Crippen LogP contribution in [0.1, 0.15) is 46.7 Å². The molecule has 5 nitrogen and oxygen atoms in total. The van der Waals surface area contributed by atoms with Crippen LogP contribution in [0.2, 0.25) is 0 Å². The summed E-state index contributed by atoms with van der Waals surface area (Å²) in [4.78, 5) is 28.9. The number of hydrogen-bond donors (Lipinski definition) is 1. The van der Waals surface area contributed by atoms with Crippen molar-refractivity contribution in [3.63, 3.8) is 0 Å². The molecule has 2 fully saturated rings. The maximum atomic E-state index is 13.6. The SMILES string of the molecule is O=C(c1cccc(F)c1)N1CC(=O)N2[C@H](CO)[C@@H](c3ccc(C4=CCCC4)cc3)[C@H]2C1. The number of piperazine rings is 1. The lowest BCUT2D eigenvalue weighted by molar-refractivity contribution is -0.159. The molecule has 0 unspecified atom stereocenters. The van der Waals surface area contributed by atoms with Crippen LogP contribution in [-0.4, -0.2) is 58.5 Å². The Labute approximate surface area is 180 Å². The van der Waals surface area contributed by atoms with E-state index < -0.39 is 5.82 Å². The summed E-state index contributed by atoms with van der Waals surface area (Å²) in [7, 11) is 0. The van der Waals surface area contributed by atoms with Crippen LogP contribution in [0.3, 0.4) is 0 Å². The first-order valence-corrected chi connectivity index (χ1v) is 10.8. The largest absolute Gasteiger partial charge is 0.394 e. The van der Waals surface area contributed by atoms with Gasteiger partial charge in [-0.05, 0) is 54.2 Å². The molecular weight excluding hydrogens is 395 g/mol. The second kappa shape index (κ2) is 7.93. The predicted molar refractivity (Wildman–Crippen MR) is 115 cm³/mol. The molecule has 2 amide bonds. The highest BCUT2D eigenvalue weighted by atomic mass is 19.1. The molecule has 2 saturated heterocycles. The van der Waals surface area contributed by atoms with Crippen LogP contribution < -0.4 is 0 Å². The average molecular weight is 420 g/mol. The normalized spacial score (nSPS) is 25.2. The number of halogens is 1. The van der Waals surface area contributed by atoms with Crippen LogP contribution in [-0.2, 0) is 4.79 Å². The van der Waals surface area contributed by atoms with E-state index in [0.717, 1.165) is 18.4 Å². The highest BCUT2D eigenvalue weighted by Crippen LogP contribution is 2.43. The van der Waals surface area contributed by atoms with Crippen molar-refractivity contribution in [1.82, 2.24) is 9.80 Å². The van der Waals surface area contributed by atoms with Crippen LogP contribution in [0.4, 0.5) is 4.39 Å². The van der Waals surface area contributed by atoms with Crippen LogP contribution in [0, 0.1) is 5.82 Å². The molecular formula is C25H25FN2O3. The number of aliphatic hydroxyl groups is 1. The van der Waals surface area contributed by atoms with E-state index in [0.29, 0.717) is 6.54 Å². The summed E-state index contributed by atoms with van der Waals surface area (Å²) in [6.07, 6.45) is 5.71. The van der Waals surface area contributed by atoms with Gasteiger partial charge in [0.05, 0.1) is 18.7 Å². The van der Waals surface area contributed by atoms with Gasteiger partial charge in [-0.1, -0.05) is 36.4 Å². The van der Waals surface area contributed by atoms with Gasteiger partial charge in [0, 0.05) is 18.0 Å². The van der Waals surface area contributed by atoms with Crippen LogP contribution in [0.15, 0.2) is 54.6 Å². The van der Waals surface area contributed by atoms with E-state index in [-0.39, 0.29) is 48.5 Å². The summed E-state index contributed by atoms with van der Waals surface area (Å²) in [5, 5.41) is 9.96. The first kappa shape index (κ1) is 19.9. The molecule has 1 aliphatic carbocycles. The molecule has 31 heavy (non-hydrogen) atoms. The molecule has 0 spiro atoms. The zero-order chi connectivity index (χ0) is 21.5. The van der Waals surface area contributed by atoms with Crippen LogP contribution >= 0.6 is 0 Å². The molecule has 0 saturated carbocycles. The number of benzene rings is 2. The van der Waals surface area contributed by atoms with E-state index in [1.807, 2.05) is 0 Å². The van der Waals surface area contributed by atoms with E-state index >= 15 is 0 Å². The lowest BCUT2D eigenvalue weighted by Crippen LogP contribution is -2.73. The third-order valence-electron chi connectivity index (χ3n) is 6.82. The first-order chi connectivity index (χ1) is 15.1. The highest BCUT2D eigenvalue weighted by molar-refractivity contribution is 5.97. The van der Waals surface area contributed by atoms with Crippen molar-refractivity contribution < 1.29 is 19.1 Å². The van der Waals surface area contributed by atoms with Gasteiger partial charge >= 0.3 is 0 Å². The van der Waals surface area contributed by atoms with E-state index in [2.05, 4.69) is 30.3 Å². The van der Waals surface area contributed by atoms with E-state index in [1.54, 1.807) is 11.0 Å². The second-order valence-corrected chi connectivity index (χ2v) is 8.58. The van der Waals surface area contributed by atoms with Crippen molar-refractivity contribution in [3.8, 4) is 0 Å². The fraction of sp³-hybridized carbons (Fsp3) is 0.360. The number of rotatable bonds is 4. The van der Waals surface area contributed by atoms with Crippen molar-refractivity contribution in [1.29, 1.82) is 0 Å². The molecule has 3 aliphatic rings. The number of carbonyl (C=O) groups is 2. The Morgan fingerprint density at radius 3 is 2.65 bits per heavy atom. The minimum atomic E-state index is -0.477. The molecule has 3 atom stereocenters. The van der Waals surface area contributed by atoms with Crippen molar-refractivity contribution in [2.24, 2.45) is 0 Å². The average Bonchev–Trinajstić information content (AvgIpc) is 3.30. The topological polar surface area (TPSA) is 60.9 Å². The molecule has 2 aromatic rings. The molecule has 6 heteroatoms. The van der Waals surface area contributed by atoms with Crippen molar-refractivity contribution in [2.45, 2.75) is 37.3 Å². The van der Waals surface area contributed by atoms with E-state index in [4.69, 9.17) is 0 Å². The van der Waals surface area contributed by atoms with Gasteiger partial charge in [-0.3, -0.25) is 9.59 Å². The smallest absolute Gasteiger partial charge is 0.254 e. The number of carbonyl (C=O) groups excluding carboxylic acids is 2. The third kappa shape index (κ3) is 3.45. The van der Waals surface area contributed by atoms with E-state index in [9.17, 15) is 19.1 Å². The summed E-state index contributed by atoms with van der Waals surface area (Å²) in [6.45, 7) is 0.203. The van der Waals surface area contributed by atoms with Gasteiger partial charge in [0.2, 0.25) is 5.91 Å². The summed E-state index contributed by atoms with van der Waals surface area (Å²) >= 11 is 0. The summed E-state index contributed by atoms with van der Waals surface area (Å²) in [6, 6.07) is 13.5. The molecule has 1 N–H and O–H groups in total. The number of hydrogen-bond acceptors (Lipinski definition) is 3. The van der Waals surface area contributed by atoms with Gasteiger partial charge in [-0.15, -0.1) is 0 Å². The van der Waals surface area contributed by atoms with Crippen LogP contribution in [0.25, 0.3) is 5.57 Å². The van der Waals surface area contributed by atoms with Gasteiger partial charge < -0.3 is 14.9 Å². The summed E-state index contributed by atoms with van der Waals surface area (Å²) in [5.74, 6) is -1.04. The molecule has 2 aromatic carbocycles. The fourth-order valence-electron chi connectivity index (χ4n) is 5.31. The number of amides is 2. The summed E-state index contributed by atoms with van der Waals surface area (Å²) in [5.41, 5.74) is 3.90. The Bertz CT molecular complexity index is 1050. The lowest BCUT2D eigenvalue weighted by Gasteiger charge is -2.58. The molecule has 160 valence electrons. The standard InChI is InChI=1S/C25H25FN2O3/c26-20-7-3-6-19(12-20)25(31)27-13-21-24(22(15-29)28(21)23(30)14-27)18-10-8-17(9-11-18)16-4-1-2-5-16/h3-4,6-12,21-22,24,29H,1-2,5,13-15H2/t21-,22-,24+/m1/s1. The third-order valence-corrected chi connectivity index (χ3v) is 6.82.